The third kappa shape index (κ3) is 2.85. The molecule has 110 valence electrons. The maximum Gasteiger partial charge on any atom is 0.180 e. The Morgan fingerprint density at radius 2 is 1.71 bits per heavy atom. The fourth-order valence-corrected chi connectivity index (χ4v) is 3.64. The normalized spacial score (nSPS) is 17.8. The van der Waals surface area contributed by atoms with Crippen LogP contribution in [0.1, 0.15) is 60.9 Å². The number of benzene rings is 2. The lowest BCUT2D eigenvalue weighted by molar-refractivity contribution is 0.0993. The van der Waals surface area contributed by atoms with Crippen molar-refractivity contribution in [1.82, 2.24) is 0 Å². The minimum Gasteiger partial charge on any atom is -0.292 e. The van der Waals surface area contributed by atoms with Gasteiger partial charge in [0, 0.05) is 5.56 Å². The molecule has 1 nitrogen and oxygen atoms in total. The van der Waals surface area contributed by atoms with E-state index in [2.05, 4.69) is 18.2 Å². The number of carbonyl (C=O) groups excluding carboxylic acids is 1. The van der Waals surface area contributed by atoms with Crippen LogP contribution in [0.4, 0.5) is 0 Å². The lowest BCUT2D eigenvalue weighted by atomic mass is 9.81. The molecule has 0 bridgehead atoms. The van der Waals surface area contributed by atoms with E-state index in [-0.39, 0.29) is 5.78 Å². The quantitative estimate of drug-likeness (QED) is 0.525. The van der Waals surface area contributed by atoms with Crippen molar-refractivity contribution >= 4 is 28.2 Å². The standard InChI is InChI=1S/C19H21ClO/c1-13(20)19(21)18-12-11-15(14-7-3-2-4-8-14)16-9-5-6-10-17(16)18/h5-6,9-14H,2-4,7-8H2,1H3. The van der Waals surface area contributed by atoms with Crippen molar-refractivity contribution in [3.05, 3.63) is 47.5 Å². The van der Waals surface area contributed by atoms with E-state index in [1.807, 2.05) is 18.2 Å². The summed E-state index contributed by atoms with van der Waals surface area (Å²) in [4.78, 5) is 12.3. The van der Waals surface area contributed by atoms with E-state index in [9.17, 15) is 4.79 Å². The fraction of sp³-hybridized carbons (Fsp3) is 0.421. The van der Waals surface area contributed by atoms with E-state index in [4.69, 9.17) is 11.6 Å². The highest BCUT2D eigenvalue weighted by atomic mass is 35.5. The first-order valence-corrected chi connectivity index (χ1v) is 8.32. The number of fused-ring (bicyclic) bond motifs is 1. The highest BCUT2D eigenvalue weighted by molar-refractivity contribution is 6.35. The highest BCUT2D eigenvalue weighted by Gasteiger charge is 2.21. The number of Topliss-reactive ketones (excluding diaryl/α,β-unsaturated/α-hetero) is 1. The van der Waals surface area contributed by atoms with Gasteiger partial charge in [0.05, 0.1) is 5.38 Å². The summed E-state index contributed by atoms with van der Waals surface area (Å²) in [5.74, 6) is 0.657. The van der Waals surface area contributed by atoms with Crippen molar-refractivity contribution in [2.45, 2.75) is 50.3 Å². The first-order valence-electron chi connectivity index (χ1n) is 7.88. The number of ketones is 1. The monoisotopic (exact) mass is 300 g/mol. The smallest absolute Gasteiger partial charge is 0.180 e. The molecule has 1 saturated carbocycles. The van der Waals surface area contributed by atoms with Crippen molar-refractivity contribution < 1.29 is 4.79 Å². The number of alkyl halides is 1. The van der Waals surface area contributed by atoms with Crippen LogP contribution in [0.2, 0.25) is 0 Å². The maximum absolute atomic E-state index is 12.3. The van der Waals surface area contributed by atoms with Gasteiger partial charge < -0.3 is 0 Å². The zero-order valence-corrected chi connectivity index (χ0v) is 13.2. The zero-order chi connectivity index (χ0) is 14.8. The Kier molecular flexibility index (Phi) is 4.30. The second-order valence-corrected chi connectivity index (χ2v) is 6.72. The van der Waals surface area contributed by atoms with Crippen molar-refractivity contribution in [1.29, 1.82) is 0 Å². The van der Waals surface area contributed by atoms with Crippen molar-refractivity contribution in [3.63, 3.8) is 0 Å². The van der Waals surface area contributed by atoms with Gasteiger partial charge in [0.15, 0.2) is 5.78 Å². The molecule has 1 aliphatic rings. The van der Waals surface area contributed by atoms with Crippen LogP contribution in [0.5, 0.6) is 0 Å². The fourth-order valence-electron chi connectivity index (χ4n) is 3.52. The Morgan fingerprint density at radius 3 is 2.38 bits per heavy atom. The van der Waals surface area contributed by atoms with E-state index in [1.165, 1.54) is 43.1 Å². The van der Waals surface area contributed by atoms with Crippen LogP contribution in [-0.2, 0) is 0 Å². The minimum atomic E-state index is -0.478. The molecule has 0 radical (unpaired) electrons. The second kappa shape index (κ2) is 6.19. The zero-order valence-electron chi connectivity index (χ0n) is 12.4. The molecule has 2 aromatic carbocycles. The van der Waals surface area contributed by atoms with E-state index in [0.717, 1.165) is 10.9 Å². The molecule has 1 atom stereocenters. The lowest BCUT2D eigenvalue weighted by Crippen LogP contribution is -2.12. The SMILES string of the molecule is CC(Cl)C(=O)c1ccc(C2CCCCC2)c2ccccc12. The third-order valence-electron chi connectivity index (χ3n) is 4.63. The Balaban J connectivity index is 2.12. The molecule has 0 aromatic heterocycles. The summed E-state index contributed by atoms with van der Waals surface area (Å²) in [5, 5.41) is 1.81. The Morgan fingerprint density at radius 1 is 1.05 bits per heavy atom. The molecule has 1 fully saturated rings. The van der Waals surface area contributed by atoms with Gasteiger partial charge in [-0.15, -0.1) is 11.6 Å². The summed E-state index contributed by atoms with van der Waals surface area (Å²) in [7, 11) is 0. The molecular weight excluding hydrogens is 280 g/mol. The largest absolute Gasteiger partial charge is 0.292 e. The van der Waals surface area contributed by atoms with E-state index in [0.29, 0.717) is 5.92 Å². The summed E-state index contributed by atoms with van der Waals surface area (Å²) in [6.45, 7) is 1.74. The molecule has 0 N–H and O–H groups in total. The van der Waals surface area contributed by atoms with Gasteiger partial charge in [-0.3, -0.25) is 4.79 Å². The molecule has 1 aliphatic carbocycles. The van der Waals surface area contributed by atoms with Crippen molar-refractivity contribution in [2.24, 2.45) is 0 Å². The van der Waals surface area contributed by atoms with E-state index < -0.39 is 5.38 Å². The number of carbonyl (C=O) groups is 1. The predicted molar refractivity (Wildman–Crippen MR) is 89.4 cm³/mol. The van der Waals surface area contributed by atoms with Gasteiger partial charge in [-0.05, 0) is 42.0 Å². The van der Waals surface area contributed by atoms with Crippen molar-refractivity contribution in [3.8, 4) is 0 Å². The number of hydrogen-bond acceptors (Lipinski definition) is 1. The van der Waals surface area contributed by atoms with Crippen molar-refractivity contribution in [2.75, 3.05) is 0 Å². The number of hydrogen-bond donors (Lipinski definition) is 0. The molecule has 1 unspecified atom stereocenters. The van der Waals surface area contributed by atoms with Gasteiger partial charge in [-0.2, -0.15) is 0 Å². The summed E-state index contributed by atoms with van der Waals surface area (Å²) >= 11 is 6.00. The molecule has 0 aliphatic heterocycles. The molecule has 21 heavy (non-hydrogen) atoms. The summed E-state index contributed by atoms with van der Waals surface area (Å²) in [5.41, 5.74) is 2.16. The van der Waals surface area contributed by atoms with Gasteiger partial charge in [0.25, 0.3) is 0 Å². The molecule has 2 heteroatoms. The van der Waals surface area contributed by atoms with Crippen LogP contribution < -0.4 is 0 Å². The average Bonchev–Trinajstić information content (AvgIpc) is 2.54. The molecule has 0 spiro atoms. The average molecular weight is 301 g/mol. The maximum atomic E-state index is 12.3. The third-order valence-corrected chi connectivity index (χ3v) is 4.83. The van der Waals surface area contributed by atoms with Gasteiger partial charge in [0.1, 0.15) is 0 Å². The Labute approximate surface area is 131 Å². The van der Waals surface area contributed by atoms with E-state index in [1.54, 1.807) is 6.92 Å². The van der Waals surface area contributed by atoms with E-state index >= 15 is 0 Å². The molecule has 2 aromatic rings. The topological polar surface area (TPSA) is 17.1 Å². The summed E-state index contributed by atoms with van der Waals surface area (Å²) < 4.78 is 0. The molecule has 0 heterocycles. The molecule has 3 rings (SSSR count). The van der Waals surface area contributed by atoms with Gasteiger partial charge in [-0.25, -0.2) is 0 Å². The summed E-state index contributed by atoms with van der Waals surface area (Å²) in [6.07, 6.45) is 6.53. The number of rotatable bonds is 3. The van der Waals surface area contributed by atoms with Crippen LogP contribution >= 0.6 is 11.6 Å². The Hall–Kier alpha value is -1.34. The van der Waals surface area contributed by atoms with Crippen LogP contribution in [0, 0.1) is 0 Å². The minimum absolute atomic E-state index is 0.0167. The predicted octanol–water partition coefficient (Wildman–Crippen LogP) is 5.70. The highest BCUT2D eigenvalue weighted by Crippen LogP contribution is 2.37. The van der Waals surface area contributed by atoms with Crippen LogP contribution in [0.15, 0.2) is 36.4 Å². The first kappa shape index (κ1) is 14.6. The lowest BCUT2D eigenvalue weighted by Gasteiger charge is -2.24. The second-order valence-electron chi connectivity index (χ2n) is 6.06. The van der Waals surface area contributed by atoms with Gasteiger partial charge in [-0.1, -0.05) is 55.7 Å². The molecular formula is C19H21ClO. The first-order chi connectivity index (χ1) is 10.2. The van der Waals surface area contributed by atoms with Crippen LogP contribution in [0.3, 0.4) is 0 Å². The Bertz CT molecular complexity index is 654. The van der Waals surface area contributed by atoms with Crippen LogP contribution in [-0.4, -0.2) is 11.2 Å². The molecule has 0 amide bonds. The summed E-state index contributed by atoms with van der Waals surface area (Å²) in [6, 6.07) is 12.4. The van der Waals surface area contributed by atoms with Crippen LogP contribution in [0.25, 0.3) is 10.8 Å². The van der Waals surface area contributed by atoms with Gasteiger partial charge in [0.2, 0.25) is 0 Å². The molecule has 0 saturated heterocycles. The van der Waals surface area contributed by atoms with Gasteiger partial charge >= 0.3 is 0 Å². The number of halogens is 1.